The topological polar surface area (TPSA) is 32.5 Å². The summed E-state index contributed by atoms with van der Waals surface area (Å²) < 4.78 is 0. The SMILES string of the molecule is CN1CCN(CCc2ccccc2)CC1CN. The van der Waals surface area contributed by atoms with Crippen LogP contribution in [0.15, 0.2) is 30.3 Å². The summed E-state index contributed by atoms with van der Waals surface area (Å²) >= 11 is 0. The van der Waals surface area contributed by atoms with Crippen molar-refractivity contribution in [1.29, 1.82) is 0 Å². The van der Waals surface area contributed by atoms with E-state index in [1.54, 1.807) is 0 Å². The van der Waals surface area contributed by atoms with Crippen LogP contribution in [0.25, 0.3) is 0 Å². The average Bonchev–Trinajstić information content (AvgIpc) is 2.39. The first-order valence-electron chi connectivity index (χ1n) is 6.46. The monoisotopic (exact) mass is 233 g/mol. The number of rotatable bonds is 4. The van der Waals surface area contributed by atoms with Crippen LogP contribution >= 0.6 is 0 Å². The molecule has 1 saturated heterocycles. The summed E-state index contributed by atoms with van der Waals surface area (Å²) in [4.78, 5) is 4.91. The van der Waals surface area contributed by atoms with Crippen molar-refractivity contribution in [2.75, 3.05) is 39.8 Å². The first-order chi connectivity index (χ1) is 8.29. The van der Waals surface area contributed by atoms with Crippen LogP contribution < -0.4 is 5.73 Å². The van der Waals surface area contributed by atoms with Gasteiger partial charge in [-0.25, -0.2) is 0 Å². The van der Waals surface area contributed by atoms with Gasteiger partial charge in [0.25, 0.3) is 0 Å². The number of hydrogen-bond donors (Lipinski definition) is 1. The number of nitrogens with two attached hydrogens (primary N) is 1. The quantitative estimate of drug-likeness (QED) is 0.835. The van der Waals surface area contributed by atoms with Gasteiger partial charge in [0.15, 0.2) is 0 Å². The maximum Gasteiger partial charge on any atom is 0.0343 e. The van der Waals surface area contributed by atoms with Gasteiger partial charge >= 0.3 is 0 Å². The molecule has 1 aromatic carbocycles. The fourth-order valence-electron chi connectivity index (χ4n) is 2.40. The second-order valence-corrected chi connectivity index (χ2v) is 4.91. The molecule has 1 heterocycles. The molecule has 0 aliphatic carbocycles. The van der Waals surface area contributed by atoms with E-state index >= 15 is 0 Å². The Kier molecular flexibility index (Phi) is 4.54. The van der Waals surface area contributed by atoms with Crippen molar-refractivity contribution in [1.82, 2.24) is 9.80 Å². The number of hydrogen-bond acceptors (Lipinski definition) is 3. The second kappa shape index (κ2) is 6.15. The molecule has 0 amide bonds. The van der Waals surface area contributed by atoms with Crippen LogP contribution in [0.1, 0.15) is 5.56 Å². The van der Waals surface area contributed by atoms with Crippen LogP contribution in [-0.4, -0.2) is 55.6 Å². The van der Waals surface area contributed by atoms with Gasteiger partial charge in [-0.3, -0.25) is 4.90 Å². The summed E-state index contributed by atoms with van der Waals surface area (Å²) in [6, 6.07) is 11.2. The lowest BCUT2D eigenvalue weighted by atomic mass is 10.1. The average molecular weight is 233 g/mol. The van der Waals surface area contributed by atoms with Crippen molar-refractivity contribution in [2.45, 2.75) is 12.5 Å². The fourth-order valence-corrected chi connectivity index (χ4v) is 2.40. The molecular formula is C14H23N3. The number of likely N-dealkylation sites (N-methyl/N-ethyl adjacent to an activating group) is 1. The zero-order valence-electron chi connectivity index (χ0n) is 10.7. The number of nitrogens with zero attached hydrogens (tertiary/aromatic N) is 2. The van der Waals surface area contributed by atoms with Gasteiger partial charge in [-0.1, -0.05) is 30.3 Å². The second-order valence-electron chi connectivity index (χ2n) is 4.91. The van der Waals surface area contributed by atoms with E-state index in [-0.39, 0.29) is 0 Å². The van der Waals surface area contributed by atoms with Crippen molar-refractivity contribution in [3.63, 3.8) is 0 Å². The minimum atomic E-state index is 0.527. The molecule has 0 saturated carbocycles. The van der Waals surface area contributed by atoms with Gasteiger partial charge in [0.2, 0.25) is 0 Å². The molecule has 3 nitrogen and oxygen atoms in total. The Morgan fingerprint density at radius 2 is 2.00 bits per heavy atom. The summed E-state index contributed by atoms with van der Waals surface area (Å²) in [5.74, 6) is 0. The third kappa shape index (κ3) is 3.53. The highest BCUT2D eigenvalue weighted by molar-refractivity contribution is 5.14. The molecule has 1 aliphatic heterocycles. The van der Waals surface area contributed by atoms with Gasteiger partial charge in [-0.2, -0.15) is 0 Å². The van der Waals surface area contributed by atoms with E-state index < -0.39 is 0 Å². The Bertz CT molecular complexity index is 325. The summed E-state index contributed by atoms with van der Waals surface area (Å²) in [7, 11) is 2.17. The molecule has 0 aromatic heterocycles. The third-order valence-electron chi connectivity index (χ3n) is 3.69. The van der Waals surface area contributed by atoms with Crippen molar-refractivity contribution in [3.05, 3.63) is 35.9 Å². The lowest BCUT2D eigenvalue weighted by Gasteiger charge is -2.39. The van der Waals surface area contributed by atoms with E-state index in [0.717, 1.165) is 32.6 Å². The maximum atomic E-state index is 5.79. The molecule has 1 atom stereocenters. The molecule has 1 fully saturated rings. The predicted octanol–water partition coefficient (Wildman–Crippen LogP) is 0.804. The molecule has 1 aromatic rings. The molecule has 0 radical (unpaired) electrons. The van der Waals surface area contributed by atoms with Crippen LogP contribution in [0.2, 0.25) is 0 Å². The van der Waals surface area contributed by atoms with E-state index in [1.807, 2.05) is 0 Å². The molecule has 0 bridgehead atoms. The van der Waals surface area contributed by atoms with Crippen LogP contribution in [0, 0.1) is 0 Å². The van der Waals surface area contributed by atoms with Crippen LogP contribution in [-0.2, 0) is 6.42 Å². The van der Waals surface area contributed by atoms with Crippen LogP contribution in [0.4, 0.5) is 0 Å². The first-order valence-corrected chi connectivity index (χ1v) is 6.46. The Labute approximate surface area is 104 Å². The summed E-state index contributed by atoms with van der Waals surface area (Å²) in [5.41, 5.74) is 7.22. The van der Waals surface area contributed by atoms with Crippen LogP contribution in [0.3, 0.4) is 0 Å². The molecule has 94 valence electrons. The van der Waals surface area contributed by atoms with Crippen molar-refractivity contribution < 1.29 is 0 Å². The lowest BCUT2D eigenvalue weighted by Crippen LogP contribution is -2.54. The third-order valence-corrected chi connectivity index (χ3v) is 3.69. The van der Waals surface area contributed by atoms with Crippen molar-refractivity contribution in [3.8, 4) is 0 Å². The van der Waals surface area contributed by atoms with Gasteiger partial charge in [0, 0.05) is 38.8 Å². The summed E-state index contributed by atoms with van der Waals surface area (Å²) in [6.07, 6.45) is 1.14. The highest BCUT2D eigenvalue weighted by Gasteiger charge is 2.22. The fraction of sp³-hybridized carbons (Fsp3) is 0.571. The van der Waals surface area contributed by atoms with E-state index in [2.05, 4.69) is 47.2 Å². The standard InChI is InChI=1S/C14H23N3/c1-16-9-10-17(12-14(16)11-15)8-7-13-5-3-2-4-6-13/h2-6,14H,7-12,15H2,1H3. The molecular weight excluding hydrogens is 210 g/mol. The molecule has 17 heavy (non-hydrogen) atoms. The van der Waals surface area contributed by atoms with Gasteiger partial charge in [0.1, 0.15) is 0 Å². The predicted molar refractivity (Wildman–Crippen MR) is 72.1 cm³/mol. The minimum Gasteiger partial charge on any atom is -0.329 e. The number of piperazine rings is 1. The first kappa shape index (κ1) is 12.6. The van der Waals surface area contributed by atoms with Gasteiger partial charge < -0.3 is 10.6 Å². The van der Waals surface area contributed by atoms with E-state index in [4.69, 9.17) is 5.73 Å². The summed E-state index contributed by atoms with van der Waals surface area (Å²) in [6.45, 7) is 5.32. The van der Waals surface area contributed by atoms with Gasteiger partial charge in [0.05, 0.1) is 0 Å². The van der Waals surface area contributed by atoms with Crippen molar-refractivity contribution >= 4 is 0 Å². The molecule has 2 rings (SSSR count). The maximum absolute atomic E-state index is 5.79. The zero-order chi connectivity index (χ0) is 12.1. The zero-order valence-corrected chi connectivity index (χ0v) is 10.7. The molecule has 2 N–H and O–H groups in total. The van der Waals surface area contributed by atoms with E-state index in [9.17, 15) is 0 Å². The number of benzene rings is 1. The Hall–Kier alpha value is -0.900. The highest BCUT2D eigenvalue weighted by atomic mass is 15.3. The largest absolute Gasteiger partial charge is 0.329 e. The molecule has 1 aliphatic rings. The summed E-state index contributed by atoms with van der Waals surface area (Å²) in [5, 5.41) is 0. The Morgan fingerprint density at radius 3 is 2.71 bits per heavy atom. The minimum absolute atomic E-state index is 0.527. The van der Waals surface area contributed by atoms with E-state index in [1.165, 1.54) is 12.1 Å². The van der Waals surface area contributed by atoms with E-state index in [0.29, 0.717) is 6.04 Å². The van der Waals surface area contributed by atoms with Gasteiger partial charge in [-0.15, -0.1) is 0 Å². The normalized spacial score (nSPS) is 22.8. The highest BCUT2D eigenvalue weighted by Crippen LogP contribution is 2.08. The lowest BCUT2D eigenvalue weighted by molar-refractivity contribution is 0.101. The smallest absolute Gasteiger partial charge is 0.0343 e. The van der Waals surface area contributed by atoms with Crippen LogP contribution in [0.5, 0.6) is 0 Å². The Morgan fingerprint density at radius 1 is 1.24 bits per heavy atom. The van der Waals surface area contributed by atoms with Gasteiger partial charge in [-0.05, 0) is 19.0 Å². The molecule has 3 heteroatoms. The molecule has 0 spiro atoms. The molecule has 1 unspecified atom stereocenters. The van der Waals surface area contributed by atoms with Crippen molar-refractivity contribution in [2.24, 2.45) is 5.73 Å². The Balaban J connectivity index is 1.80.